The second-order valence-electron chi connectivity index (χ2n) is 8.40. The quantitative estimate of drug-likeness (QED) is 0.291. The Balaban J connectivity index is 1.53. The molecule has 0 aromatic heterocycles. The van der Waals surface area contributed by atoms with Crippen LogP contribution in [0, 0.1) is 0 Å². The van der Waals surface area contributed by atoms with Gasteiger partial charge in [-0.15, -0.1) is 0 Å². The zero-order valence-corrected chi connectivity index (χ0v) is 19.7. The number of carbonyl (C=O) groups excluding carboxylic acids is 2. The number of benzene rings is 3. The highest BCUT2D eigenvalue weighted by Gasteiger charge is 2.46. The largest absolute Gasteiger partial charge is 0.507 e. The summed E-state index contributed by atoms with van der Waals surface area (Å²) in [5, 5.41) is 11.3. The summed E-state index contributed by atoms with van der Waals surface area (Å²) >= 11 is 0. The van der Waals surface area contributed by atoms with E-state index in [2.05, 4.69) is 0 Å². The lowest BCUT2D eigenvalue weighted by Gasteiger charge is -2.25. The third kappa shape index (κ3) is 4.50. The van der Waals surface area contributed by atoms with Gasteiger partial charge < -0.3 is 29.0 Å². The highest BCUT2D eigenvalue weighted by atomic mass is 16.7. The van der Waals surface area contributed by atoms with Crippen LogP contribution in [0.5, 0.6) is 17.2 Å². The molecule has 1 N–H and O–H groups in total. The number of amides is 1. The van der Waals surface area contributed by atoms with E-state index in [-0.39, 0.29) is 31.3 Å². The Bertz CT molecular complexity index is 1320. The van der Waals surface area contributed by atoms with Crippen molar-refractivity contribution in [1.29, 1.82) is 0 Å². The van der Waals surface area contributed by atoms with Crippen molar-refractivity contribution in [2.75, 3.05) is 27.1 Å². The van der Waals surface area contributed by atoms with Crippen molar-refractivity contribution >= 4 is 17.4 Å². The number of aliphatic hydroxyl groups is 1. The Morgan fingerprint density at radius 1 is 1.00 bits per heavy atom. The second-order valence-corrected chi connectivity index (χ2v) is 8.40. The number of aliphatic hydroxyl groups excluding tert-OH is 1. The van der Waals surface area contributed by atoms with Gasteiger partial charge in [-0.05, 0) is 41.5 Å². The molecule has 1 fully saturated rings. The molecule has 36 heavy (non-hydrogen) atoms. The van der Waals surface area contributed by atoms with Gasteiger partial charge in [-0.1, -0.05) is 42.5 Å². The van der Waals surface area contributed by atoms with Gasteiger partial charge in [-0.25, -0.2) is 0 Å². The fourth-order valence-electron chi connectivity index (χ4n) is 4.36. The summed E-state index contributed by atoms with van der Waals surface area (Å²) in [6, 6.07) is 21.0. The van der Waals surface area contributed by atoms with E-state index in [1.54, 1.807) is 36.4 Å². The first-order chi connectivity index (χ1) is 17.6. The number of Topliss-reactive ketones (excluding diaryl/α,β-unsaturated/α-hetero) is 1. The van der Waals surface area contributed by atoms with Crippen LogP contribution in [0.4, 0.5) is 0 Å². The van der Waals surface area contributed by atoms with Crippen LogP contribution in [0.25, 0.3) is 5.76 Å². The van der Waals surface area contributed by atoms with Gasteiger partial charge in [0, 0.05) is 19.2 Å². The standard InChI is InChI=1S/C28H25NO7/c1-33-13-12-29-25(19-8-5-9-21(14-19)34-16-18-6-3-2-4-7-18)24(27(31)28(29)32)26(30)20-10-11-22-23(15-20)36-17-35-22/h2-11,14-15,25,30H,12-13,16-17H2,1H3/b26-24-. The molecule has 2 heterocycles. The molecule has 2 aliphatic heterocycles. The molecule has 0 spiro atoms. The van der Waals surface area contributed by atoms with Crippen LogP contribution < -0.4 is 14.2 Å². The number of carbonyl (C=O) groups is 2. The number of likely N-dealkylation sites (tertiary alicyclic amines) is 1. The lowest BCUT2D eigenvalue weighted by Crippen LogP contribution is -2.32. The zero-order valence-electron chi connectivity index (χ0n) is 19.7. The number of ketones is 1. The summed E-state index contributed by atoms with van der Waals surface area (Å²) in [7, 11) is 1.52. The molecule has 3 aromatic rings. The molecular formula is C28H25NO7. The minimum atomic E-state index is -0.814. The highest BCUT2D eigenvalue weighted by molar-refractivity contribution is 6.46. The fourth-order valence-corrected chi connectivity index (χ4v) is 4.36. The molecular weight excluding hydrogens is 462 g/mol. The van der Waals surface area contributed by atoms with Gasteiger partial charge in [0.25, 0.3) is 11.7 Å². The monoisotopic (exact) mass is 487 g/mol. The van der Waals surface area contributed by atoms with Crippen LogP contribution in [0.2, 0.25) is 0 Å². The number of fused-ring (bicyclic) bond motifs is 1. The van der Waals surface area contributed by atoms with Crippen LogP contribution in [-0.2, 0) is 20.9 Å². The molecule has 8 nitrogen and oxygen atoms in total. The first-order valence-electron chi connectivity index (χ1n) is 11.5. The molecule has 184 valence electrons. The Morgan fingerprint density at radius 3 is 2.61 bits per heavy atom. The average molecular weight is 488 g/mol. The lowest BCUT2D eigenvalue weighted by molar-refractivity contribution is -0.140. The third-order valence-electron chi connectivity index (χ3n) is 6.14. The van der Waals surface area contributed by atoms with Crippen molar-refractivity contribution in [1.82, 2.24) is 4.90 Å². The van der Waals surface area contributed by atoms with E-state index in [0.717, 1.165) is 5.56 Å². The van der Waals surface area contributed by atoms with Gasteiger partial charge in [-0.3, -0.25) is 9.59 Å². The summed E-state index contributed by atoms with van der Waals surface area (Å²) in [5.41, 5.74) is 2.00. The lowest BCUT2D eigenvalue weighted by atomic mass is 9.95. The van der Waals surface area contributed by atoms with Gasteiger partial charge >= 0.3 is 0 Å². The number of hydrogen-bond acceptors (Lipinski definition) is 7. The SMILES string of the molecule is COCCN1C(=O)C(=O)/C(=C(\O)c2ccc3c(c2)OCO3)C1c1cccc(OCc2ccccc2)c1. The molecule has 3 aromatic carbocycles. The predicted molar refractivity (Wildman–Crippen MR) is 131 cm³/mol. The van der Waals surface area contributed by atoms with E-state index in [9.17, 15) is 14.7 Å². The minimum absolute atomic E-state index is 0.00447. The highest BCUT2D eigenvalue weighted by Crippen LogP contribution is 2.42. The average Bonchev–Trinajstić information content (AvgIpc) is 3.48. The summed E-state index contributed by atoms with van der Waals surface area (Å²) in [6.07, 6.45) is 0. The van der Waals surface area contributed by atoms with Gasteiger partial charge in [0.15, 0.2) is 11.5 Å². The molecule has 2 aliphatic rings. The van der Waals surface area contributed by atoms with E-state index in [0.29, 0.717) is 35.0 Å². The normalized spacial score (nSPS) is 18.0. The number of methoxy groups -OCH3 is 1. The predicted octanol–water partition coefficient (Wildman–Crippen LogP) is 4.06. The second kappa shape index (κ2) is 10.1. The number of nitrogens with zero attached hydrogens (tertiary/aromatic N) is 1. The Hall–Kier alpha value is -4.30. The van der Waals surface area contributed by atoms with Gasteiger partial charge in [0.1, 0.15) is 18.1 Å². The van der Waals surface area contributed by atoms with Crippen molar-refractivity contribution in [3.63, 3.8) is 0 Å². The first-order valence-corrected chi connectivity index (χ1v) is 11.5. The van der Waals surface area contributed by atoms with Gasteiger partial charge in [0.2, 0.25) is 6.79 Å². The molecule has 1 atom stereocenters. The molecule has 8 heteroatoms. The molecule has 0 bridgehead atoms. The van der Waals surface area contributed by atoms with E-state index < -0.39 is 17.7 Å². The van der Waals surface area contributed by atoms with Gasteiger partial charge in [0.05, 0.1) is 18.2 Å². The molecule has 0 radical (unpaired) electrons. The van der Waals surface area contributed by atoms with Crippen molar-refractivity contribution in [2.24, 2.45) is 0 Å². The van der Waals surface area contributed by atoms with E-state index in [1.165, 1.54) is 12.0 Å². The van der Waals surface area contributed by atoms with E-state index in [4.69, 9.17) is 18.9 Å². The molecule has 0 saturated carbocycles. The summed E-state index contributed by atoms with van der Waals surface area (Å²) < 4.78 is 21.9. The Labute approximate surface area is 208 Å². The maximum Gasteiger partial charge on any atom is 0.295 e. The van der Waals surface area contributed by atoms with Crippen molar-refractivity contribution in [3.05, 3.63) is 95.1 Å². The maximum absolute atomic E-state index is 13.2. The molecule has 1 saturated heterocycles. The van der Waals surface area contributed by atoms with Crippen LogP contribution in [0.15, 0.2) is 78.4 Å². The summed E-state index contributed by atoms with van der Waals surface area (Å²) in [4.78, 5) is 27.6. The van der Waals surface area contributed by atoms with E-state index >= 15 is 0 Å². The maximum atomic E-state index is 13.2. The van der Waals surface area contributed by atoms with Crippen LogP contribution in [0.3, 0.4) is 0 Å². The first kappa shape index (κ1) is 23.4. The molecule has 5 rings (SSSR count). The van der Waals surface area contributed by atoms with Crippen LogP contribution in [0.1, 0.15) is 22.7 Å². The fraction of sp³-hybridized carbons (Fsp3) is 0.214. The zero-order chi connectivity index (χ0) is 25.1. The van der Waals surface area contributed by atoms with Crippen LogP contribution in [-0.4, -0.2) is 48.8 Å². The number of ether oxygens (including phenoxy) is 4. The van der Waals surface area contributed by atoms with Gasteiger partial charge in [-0.2, -0.15) is 0 Å². The number of hydrogen-bond donors (Lipinski definition) is 1. The molecule has 1 amide bonds. The minimum Gasteiger partial charge on any atom is -0.507 e. The molecule has 1 unspecified atom stereocenters. The van der Waals surface area contributed by atoms with Crippen molar-refractivity contribution < 1.29 is 33.6 Å². The van der Waals surface area contributed by atoms with E-state index in [1.807, 2.05) is 36.4 Å². The molecule has 0 aliphatic carbocycles. The summed E-state index contributed by atoms with van der Waals surface area (Å²) in [6.45, 7) is 0.860. The van der Waals surface area contributed by atoms with Crippen molar-refractivity contribution in [2.45, 2.75) is 12.6 Å². The summed E-state index contributed by atoms with van der Waals surface area (Å²) in [5.74, 6) is -0.159. The Kier molecular flexibility index (Phi) is 6.60. The number of rotatable bonds is 8. The third-order valence-corrected chi connectivity index (χ3v) is 6.14. The van der Waals surface area contributed by atoms with Crippen molar-refractivity contribution in [3.8, 4) is 17.2 Å². The Morgan fingerprint density at radius 2 is 1.81 bits per heavy atom. The topological polar surface area (TPSA) is 94.5 Å². The smallest absolute Gasteiger partial charge is 0.295 e. The van der Waals surface area contributed by atoms with Crippen LogP contribution >= 0.6 is 0 Å².